The van der Waals surface area contributed by atoms with Crippen LogP contribution >= 0.6 is 11.6 Å². The lowest BCUT2D eigenvalue weighted by molar-refractivity contribution is -0.143. The minimum Gasteiger partial charge on any atom is -0.360 e. The molecule has 1 unspecified atom stereocenters. The van der Waals surface area contributed by atoms with Crippen molar-refractivity contribution in [3.8, 4) is 0 Å². The highest BCUT2D eigenvalue weighted by atomic mass is 35.5. The molecule has 1 aromatic heterocycles. The highest BCUT2D eigenvalue weighted by Gasteiger charge is 2.34. The van der Waals surface area contributed by atoms with Crippen LogP contribution in [-0.4, -0.2) is 40.3 Å². The van der Waals surface area contributed by atoms with E-state index in [-0.39, 0.29) is 30.3 Å². The fourth-order valence-corrected chi connectivity index (χ4v) is 1.97. The standard InChI is InChI=1S/C15H24ClN3O3/c1-6-10(2)19(14(21)15(4,5)9-16)8-13(20)17-12-7-11(3)22-18-12/h7,10H,6,8-9H2,1-5H3,(H,17,18,20). The van der Waals surface area contributed by atoms with Crippen molar-refractivity contribution >= 4 is 29.2 Å². The normalized spacial score (nSPS) is 12.8. The summed E-state index contributed by atoms with van der Waals surface area (Å²) in [5.41, 5.74) is -0.713. The van der Waals surface area contributed by atoms with Crippen molar-refractivity contribution < 1.29 is 14.1 Å². The molecule has 6 nitrogen and oxygen atoms in total. The van der Waals surface area contributed by atoms with Crippen LogP contribution in [0.4, 0.5) is 5.82 Å². The van der Waals surface area contributed by atoms with Crippen LogP contribution in [0.1, 0.15) is 39.9 Å². The number of nitrogens with one attached hydrogen (secondary N) is 1. The number of rotatable bonds is 7. The summed E-state index contributed by atoms with van der Waals surface area (Å²) >= 11 is 5.88. The van der Waals surface area contributed by atoms with Gasteiger partial charge in [0.05, 0.1) is 5.41 Å². The van der Waals surface area contributed by atoms with Crippen molar-refractivity contribution in [2.75, 3.05) is 17.7 Å². The Hall–Kier alpha value is -1.56. The van der Waals surface area contributed by atoms with Gasteiger partial charge in [-0.25, -0.2) is 0 Å². The largest absolute Gasteiger partial charge is 0.360 e. The summed E-state index contributed by atoms with van der Waals surface area (Å²) in [7, 11) is 0. The number of hydrogen-bond donors (Lipinski definition) is 1. The van der Waals surface area contributed by atoms with E-state index in [1.165, 1.54) is 0 Å². The molecular weight excluding hydrogens is 306 g/mol. The van der Waals surface area contributed by atoms with Crippen molar-refractivity contribution in [1.82, 2.24) is 10.1 Å². The number of amides is 2. The van der Waals surface area contributed by atoms with Crippen molar-refractivity contribution in [3.05, 3.63) is 11.8 Å². The highest BCUT2D eigenvalue weighted by molar-refractivity contribution is 6.19. The molecule has 7 heteroatoms. The van der Waals surface area contributed by atoms with E-state index in [2.05, 4.69) is 10.5 Å². The van der Waals surface area contributed by atoms with Gasteiger partial charge in [0.2, 0.25) is 11.8 Å². The highest BCUT2D eigenvalue weighted by Crippen LogP contribution is 2.23. The van der Waals surface area contributed by atoms with Crippen molar-refractivity contribution in [1.29, 1.82) is 0 Å². The van der Waals surface area contributed by atoms with Gasteiger partial charge in [-0.3, -0.25) is 9.59 Å². The lowest BCUT2D eigenvalue weighted by Crippen LogP contribution is -2.49. The first-order chi connectivity index (χ1) is 10.2. The fourth-order valence-electron chi connectivity index (χ4n) is 1.86. The third kappa shape index (κ3) is 4.73. The van der Waals surface area contributed by atoms with E-state index in [0.29, 0.717) is 11.6 Å². The maximum Gasteiger partial charge on any atom is 0.245 e. The predicted molar refractivity (Wildman–Crippen MR) is 85.8 cm³/mol. The molecule has 0 aliphatic carbocycles. The molecule has 0 radical (unpaired) electrons. The summed E-state index contributed by atoms with van der Waals surface area (Å²) in [6, 6.07) is 1.57. The summed E-state index contributed by atoms with van der Waals surface area (Å²) in [6.45, 7) is 9.13. The van der Waals surface area contributed by atoms with E-state index in [0.717, 1.165) is 6.42 Å². The number of halogens is 1. The molecule has 0 aromatic carbocycles. The van der Waals surface area contributed by atoms with Crippen LogP contribution in [0.2, 0.25) is 0 Å². The molecule has 0 saturated carbocycles. The van der Waals surface area contributed by atoms with Crippen LogP contribution in [0.3, 0.4) is 0 Å². The number of aromatic nitrogens is 1. The van der Waals surface area contributed by atoms with Gasteiger partial charge >= 0.3 is 0 Å². The number of hydrogen-bond acceptors (Lipinski definition) is 4. The second kappa shape index (κ2) is 7.63. The first-order valence-electron chi connectivity index (χ1n) is 7.31. The molecule has 0 aliphatic rings. The van der Waals surface area contributed by atoms with Gasteiger partial charge in [0.15, 0.2) is 5.82 Å². The topological polar surface area (TPSA) is 75.4 Å². The molecule has 0 saturated heterocycles. The lowest BCUT2D eigenvalue weighted by atomic mass is 9.93. The van der Waals surface area contributed by atoms with Crippen LogP contribution in [0, 0.1) is 12.3 Å². The maximum absolute atomic E-state index is 12.6. The monoisotopic (exact) mass is 329 g/mol. The zero-order valence-electron chi connectivity index (χ0n) is 13.8. The van der Waals surface area contributed by atoms with E-state index in [4.69, 9.17) is 16.1 Å². The van der Waals surface area contributed by atoms with Gasteiger partial charge in [0, 0.05) is 18.0 Å². The van der Waals surface area contributed by atoms with E-state index >= 15 is 0 Å². The van der Waals surface area contributed by atoms with Crippen LogP contribution < -0.4 is 5.32 Å². The third-order valence-corrected chi connectivity index (χ3v) is 4.17. The smallest absolute Gasteiger partial charge is 0.245 e. The van der Waals surface area contributed by atoms with Crippen molar-refractivity contribution in [2.45, 2.75) is 47.1 Å². The number of nitrogens with zero attached hydrogens (tertiary/aromatic N) is 2. The molecule has 1 rings (SSSR count). The minimum atomic E-state index is -0.713. The van der Waals surface area contributed by atoms with E-state index in [9.17, 15) is 9.59 Å². The molecule has 1 heterocycles. The SMILES string of the molecule is CCC(C)N(CC(=O)Nc1cc(C)on1)C(=O)C(C)(C)CCl. The van der Waals surface area contributed by atoms with Gasteiger partial charge in [-0.05, 0) is 34.1 Å². The van der Waals surface area contributed by atoms with E-state index in [1.807, 2.05) is 13.8 Å². The second-order valence-electron chi connectivity index (χ2n) is 6.08. The molecule has 0 bridgehead atoms. The Morgan fingerprint density at radius 1 is 1.50 bits per heavy atom. The maximum atomic E-state index is 12.6. The molecule has 22 heavy (non-hydrogen) atoms. The summed E-state index contributed by atoms with van der Waals surface area (Å²) in [6.07, 6.45) is 0.750. The first-order valence-corrected chi connectivity index (χ1v) is 7.85. The Bertz CT molecular complexity index is 528. The van der Waals surface area contributed by atoms with Gasteiger partial charge in [0.25, 0.3) is 0 Å². The van der Waals surface area contributed by atoms with Crippen LogP contribution in [0.25, 0.3) is 0 Å². The molecule has 1 atom stereocenters. The molecule has 0 fully saturated rings. The number of aryl methyl sites for hydroxylation is 1. The Morgan fingerprint density at radius 3 is 2.59 bits per heavy atom. The first kappa shape index (κ1) is 18.5. The second-order valence-corrected chi connectivity index (χ2v) is 6.35. The Labute approximate surface area is 136 Å². The Kier molecular flexibility index (Phi) is 6.41. The molecule has 1 N–H and O–H groups in total. The number of carbonyl (C=O) groups excluding carboxylic acids is 2. The van der Waals surface area contributed by atoms with Crippen LogP contribution in [-0.2, 0) is 9.59 Å². The van der Waals surface area contributed by atoms with Crippen molar-refractivity contribution in [2.24, 2.45) is 5.41 Å². The van der Waals surface area contributed by atoms with Crippen LogP contribution in [0.5, 0.6) is 0 Å². The number of alkyl halides is 1. The quantitative estimate of drug-likeness (QED) is 0.780. The number of carbonyl (C=O) groups is 2. The fraction of sp³-hybridized carbons (Fsp3) is 0.667. The number of anilines is 1. The Balaban J connectivity index is 2.81. The molecule has 1 aromatic rings. The van der Waals surface area contributed by atoms with Gasteiger partial charge < -0.3 is 14.7 Å². The zero-order chi connectivity index (χ0) is 16.9. The minimum absolute atomic E-state index is 0.0416. The Morgan fingerprint density at radius 2 is 2.14 bits per heavy atom. The van der Waals surface area contributed by atoms with Gasteiger partial charge in [-0.1, -0.05) is 12.1 Å². The zero-order valence-corrected chi connectivity index (χ0v) is 14.5. The molecular formula is C15H24ClN3O3. The molecule has 0 aliphatic heterocycles. The molecule has 2 amide bonds. The summed E-state index contributed by atoms with van der Waals surface area (Å²) in [5, 5.41) is 6.33. The third-order valence-electron chi connectivity index (χ3n) is 3.51. The van der Waals surface area contributed by atoms with Crippen LogP contribution in [0.15, 0.2) is 10.6 Å². The predicted octanol–water partition coefficient (Wildman–Crippen LogP) is 2.81. The molecule has 124 valence electrons. The lowest BCUT2D eigenvalue weighted by Gasteiger charge is -2.34. The van der Waals surface area contributed by atoms with E-state index < -0.39 is 5.41 Å². The summed E-state index contributed by atoms with van der Waals surface area (Å²) in [4.78, 5) is 26.3. The van der Waals surface area contributed by atoms with Crippen molar-refractivity contribution in [3.63, 3.8) is 0 Å². The van der Waals surface area contributed by atoms with Gasteiger partial charge in [-0.15, -0.1) is 11.6 Å². The average Bonchev–Trinajstić information content (AvgIpc) is 2.88. The summed E-state index contributed by atoms with van der Waals surface area (Å²) < 4.78 is 4.90. The van der Waals surface area contributed by atoms with E-state index in [1.54, 1.807) is 31.7 Å². The van der Waals surface area contributed by atoms with Gasteiger partial charge in [0.1, 0.15) is 12.3 Å². The summed E-state index contributed by atoms with van der Waals surface area (Å²) in [5.74, 6) is 0.697. The van der Waals surface area contributed by atoms with Gasteiger partial charge in [-0.2, -0.15) is 0 Å². The average molecular weight is 330 g/mol. The molecule has 0 spiro atoms.